The summed E-state index contributed by atoms with van der Waals surface area (Å²) in [5, 5.41) is 2.28. The first-order valence-electron chi connectivity index (χ1n) is 11.0. The van der Waals surface area contributed by atoms with Gasteiger partial charge in [-0.3, -0.25) is 14.4 Å². The molecule has 8 nitrogen and oxygen atoms in total. The molecule has 0 bridgehead atoms. The lowest BCUT2D eigenvalue weighted by atomic mass is 9.76. The van der Waals surface area contributed by atoms with E-state index in [1.807, 2.05) is 0 Å². The molecule has 6 rings (SSSR count). The lowest BCUT2D eigenvalue weighted by molar-refractivity contribution is -0.196. The zero-order chi connectivity index (χ0) is 23.9. The van der Waals surface area contributed by atoms with Crippen LogP contribution >= 0.6 is 0 Å². The molecule has 4 aliphatic rings. The number of ether oxygens (including phenoxy) is 2. The number of halogens is 3. The molecule has 1 aromatic heterocycles. The molecular formula is C23H20F3N3O5. The Balaban J connectivity index is 1.32. The van der Waals surface area contributed by atoms with E-state index >= 15 is 0 Å². The molecule has 0 radical (unpaired) electrons. The Hall–Kier alpha value is -3.34. The van der Waals surface area contributed by atoms with Gasteiger partial charge in [0.1, 0.15) is 23.0 Å². The Bertz CT molecular complexity index is 1300. The molecule has 1 aromatic carbocycles. The molecule has 1 saturated heterocycles. The summed E-state index contributed by atoms with van der Waals surface area (Å²) in [6.07, 6.45) is 3.66. The van der Waals surface area contributed by atoms with Crippen molar-refractivity contribution in [3.8, 4) is 5.75 Å². The molecule has 1 N–H and O–H groups in total. The maximum absolute atomic E-state index is 13.9. The highest BCUT2D eigenvalue weighted by Gasteiger charge is 2.72. The number of aromatic nitrogens is 1. The molecule has 4 atom stereocenters. The number of fused-ring (bicyclic) bond motifs is 3. The summed E-state index contributed by atoms with van der Waals surface area (Å²) in [5.41, 5.74) is -1.64. The average molecular weight is 475 g/mol. The molecule has 178 valence electrons. The van der Waals surface area contributed by atoms with Crippen LogP contribution in [-0.4, -0.2) is 46.8 Å². The molecule has 3 fully saturated rings. The van der Waals surface area contributed by atoms with Crippen LogP contribution in [0.3, 0.4) is 0 Å². The second-order valence-corrected chi connectivity index (χ2v) is 9.22. The van der Waals surface area contributed by atoms with Gasteiger partial charge in [-0.05, 0) is 19.3 Å². The van der Waals surface area contributed by atoms with Gasteiger partial charge >= 0.3 is 0 Å². The first-order chi connectivity index (χ1) is 16.2. The highest BCUT2D eigenvalue weighted by atomic mass is 19.1. The molecule has 3 heterocycles. The van der Waals surface area contributed by atoms with Crippen molar-refractivity contribution in [2.75, 3.05) is 7.11 Å². The van der Waals surface area contributed by atoms with Crippen LogP contribution in [0.4, 0.5) is 13.2 Å². The standard InChI is InChI=1S/C23H20F3N3O5/c1-33-20-18-22(32)29-15-6-23(15)3-2-16(23)34-17(29)9-28(18)8-12(19(20)30)21(31)27-7-11-13(25)4-10(24)5-14(11)26/h4-5,8,15-17H,2-3,6-7,9H2,1H3,(H,27,31)/t15?,16?,17-,23?/m1/s1. The quantitative estimate of drug-likeness (QED) is 0.730. The SMILES string of the molecule is COc1c2n(cc(C(=O)NCc3c(F)cc(F)cc3F)c1=O)C[C@H]1OC3CCC34CC4N1C2=O. The van der Waals surface area contributed by atoms with E-state index in [0.29, 0.717) is 12.1 Å². The van der Waals surface area contributed by atoms with Crippen molar-refractivity contribution in [2.45, 2.75) is 50.7 Å². The second-order valence-electron chi connectivity index (χ2n) is 9.22. The van der Waals surface area contributed by atoms with Gasteiger partial charge in [0.05, 0.1) is 19.8 Å². The van der Waals surface area contributed by atoms with Crippen LogP contribution in [0, 0.1) is 22.9 Å². The highest BCUT2D eigenvalue weighted by molar-refractivity contribution is 5.99. The Morgan fingerprint density at radius 2 is 2.00 bits per heavy atom. The second kappa shape index (κ2) is 7.08. The summed E-state index contributed by atoms with van der Waals surface area (Å²) in [6.45, 7) is -0.396. The molecule has 34 heavy (non-hydrogen) atoms. The summed E-state index contributed by atoms with van der Waals surface area (Å²) in [7, 11) is 1.23. The minimum atomic E-state index is -1.16. The number of amides is 2. The van der Waals surface area contributed by atoms with Crippen LogP contribution in [-0.2, 0) is 17.8 Å². The lowest BCUT2D eigenvalue weighted by Gasteiger charge is -2.51. The van der Waals surface area contributed by atoms with E-state index in [-0.39, 0.29) is 47.0 Å². The summed E-state index contributed by atoms with van der Waals surface area (Å²) >= 11 is 0. The Kier molecular flexibility index (Phi) is 4.42. The zero-order valence-electron chi connectivity index (χ0n) is 18.1. The summed E-state index contributed by atoms with van der Waals surface area (Å²) in [5.74, 6) is -4.99. The lowest BCUT2D eigenvalue weighted by Crippen LogP contribution is -2.61. The fourth-order valence-corrected chi connectivity index (χ4v) is 5.64. The van der Waals surface area contributed by atoms with Crippen LogP contribution in [0.15, 0.2) is 23.1 Å². The fourth-order valence-electron chi connectivity index (χ4n) is 5.64. The van der Waals surface area contributed by atoms with Crippen LogP contribution in [0.1, 0.15) is 45.7 Å². The molecular weight excluding hydrogens is 455 g/mol. The van der Waals surface area contributed by atoms with Crippen molar-refractivity contribution in [1.29, 1.82) is 0 Å². The Labute approximate surface area is 191 Å². The van der Waals surface area contributed by atoms with Gasteiger partial charge in [0, 0.05) is 41.9 Å². The summed E-state index contributed by atoms with van der Waals surface area (Å²) in [6, 6.07) is 1.08. The first kappa shape index (κ1) is 21.2. The Morgan fingerprint density at radius 3 is 2.65 bits per heavy atom. The average Bonchev–Trinajstić information content (AvgIpc) is 3.54. The van der Waals surface area contributed by atoms with E-state index in [2.05, 4.69) is 5.32 Å². The van der Waals surface area contributed by atoms with Crippen molar-refractivity contribution >= 4 is 11.8 Å². The van der Waals surface area contributed by atoms with E-state index in [0.717, 1.165) is 19.3 Å². The van der Waals surface area contributed by atoms with Crippen molar-refractivity contribution in [3.05, 3.63) is 62.8 Å². The largest absolute Gasteiger partial charge is 0.491 e. The predicted octanol–water partition coefficient (Wildman–Crippen LogP) is 1.94. The molecule has 2 aromatic rings. The molecule has 3 unspecified atom stereocenters. The highest BCUT2D eigenvalue weighted by Crippen LogP contribution is 2.67. The topological polar surface area (TPSA) is 89.9 Å². The van der Waals surface area contributed by atoms with Crippen molar-refractivity contribution < 1.29 is 32.2 Å². The molecule has 2 amide bonds. The first-order valence-corrected chi connectivity index (χ1v) is 11.0. The number of carbonyl (C=O) groups excluding carboxylic acids is 2. The Morgan fingerprint density at radius 1 is 1.26 bits per heavy atom. The van der Waals surface area contributed by atoms with Crippen molar-refractivity contribution in [3.63, 3.8) is 0 Å². The molecule has 2 saturated carbocycles. The van der Waals surface area contributed by atoms with Gasteiger partial charge in [-0.25, -0.2) is 13.2 Å². The fraction of sp³-hybridized carbons (Fsp3) is 0.435. The van der Waals surface area contributed by atoms with E-state index in [1.165, 1.54) is 17.9 Å². The van der Waals surface area contributed by atoms with Gasteiger partial charge in [-0.1, -0.05) is 0 Å². The summed E-state index contributed by atoms with van der Waals surface area (Å²) in [4.78, 5) is 40.9. The van der Waals surface area contributed by atoms with E-state index in [1.54, 1.807) is 4.90 Å². The number of pyridine rings is 1. The number of nitrogens with zero attached hydrogens (tertiary/aromatic N) is 2. The van der Waals surface area contributed by atoms with Crippen molar-refractivity contribution in [1.82, 2.24) is 14.8 Å². The van der Waals surface area contributed by atoms with E-state index < -0.39 is 47.1 Å². The third-order valence-corrected chi connectivity index (χ3v) is 7.57. The molecule has 1 spiro atoms. The number of hydrogen-bond donors (Lipinski definition) is 1. The predicted molar refractivity (Wildman–Crippen MR) is 110 cm³/mol. The minimum absolute atomic E-state index is 0.0343. The smallest absolute Gasteiger partial charge is 0.276 e. The van der Waals surface area contributed by atoms with Gasteiger partial charge in [0.2, 0.25) is 5.43 Å². The molecule has 2 aliphatic carbocycles. The summed E-state index contributed by atoms with van der Waals surface area (Å²) < 4.78 is 53.8. The van der Waals surface area contributed by atoms with Crippen LogP contribution in [0.5, 0.6) is 5.75 Å². The third-order valence-electron chi connectivity index (χ3n) is 7.57. The number of benzene rings is 1. The van der Waals surface area contributed by atoms with Crippen LogP contribution < -0.4 is 15.5 Å². The van der Waals surface area contributed by atoms with Crippen LogP contribution in [0.2, 0.25) is 0 Å². The monoisotopic (exact) mass is 475 g/mol. The number of nitrogens with one attached hydrogen (secondary N) is 1. The zero-order valence-corrected chi connectivity index (χ0v) is 18.1. The van der Waals surface area contributed by atoms with Gasteiger partial charge in [-0.15, -0.1) is 0 Å². The maximum Gasteiger partial charge on any atom is 0.276 e. The van der Waals surface area contributed by atoms with Crippen LogP contribution in [0.25, 0.3) is 0 Å². The van der Waals surface area contributed by atoms with Gasteiger partial charge < -0.3 is 24.3 Å². The maximum atomic E-state index is 13.9. The minimum Gasteiger partial charge on any atom is -0.491 e. The van der Waals surface area contributed by atoms with Crippen molar-refractivity contribution in [2.24, 2.45) is 5.41 Å². The molecule has 2 aliphatic heterocycles. The van der Waals surface area contributed by atoms with E-state index in [4.69, 9.17) is 9.47 Å². The number of carbonyl (C=O) groups is 2. The van der Waals surface area contributed by atoms with Gasteiger partial charge in [0.15, 0.2) is 17.7 Å². The normalized spacial score (nSPS) is 28.2. The van der Waals surface area contributed by atoms with Gasteiger partial charge in [0.25, 0.3) is 11.8 Å². The van der Waals surface area contributed by atoms with E-state index in [9.17, 15) is 27.6 Å². The number of methoxy groups -OCH3 is 1. The number of rotatable bonds is 4. The third kappa shape index (κ3) is 2.79. The molecule has 11 heteroatoms. The van der Waals surface area contributed by atoms with Gasteiger partial charge in [-0.2, -0.15) is 0 Å². The number of hydrogen-bond acceptors (Lipinski definition) is 5.